The molecule has 0 aliphatic carbocycles. The zero-order chi connectivity index (χ0) is 26.3. The molecule has 3 aromatic rings. The zero-order valence-electron chi connectivity index (χ0n) is 22.6. The van der Waals surface area contributed by atoms with Crippen molar-refractivity contribution in [3.05, 3.63) is 89.5 Å². The van der Waals surface area contributed by atoms with Gasteiger partial charge in [-0.05, 0) is 60.1 Å². The summed E-state index contributed by atoms with van der Waals surface area (Å²) in [7, 11) is 3.90. The van der Waals surface area contributed by atoms with Crippen molar-refractivity contribution in [2.24, 2.45) is 0 Å². The highest BCUT2D eigenvalue weighted by atomic mass is 16.5. The van der Waals surface area contributed by atoms with E-state index in [-0.39, 0.29) is 5.91 Å². The van der Waals surface area contributed by atoms with Gasteiger partial charge in [0.05, 0.1) is 13.7 Å². The van der Waals surface area contributed by atoms with Crippen molar-refractivity contribution in [1.29, 1.82) is 0 Å². The van der Waals surface area contributed by atoms with Crippen molar-refractivity contribution in [3.63, 3.8) is 0 Å². The number of carbonyl (C=O) groups excluding carboxylic acids is 1. The average molecular weight is 514 g/mol. The summed E-state index contributed by atoms with van der Waals surface area (Å²) >= 11 is 0. The molecule has 0 atom stereocenters. The molecule has 0 aromatic heterocycles. The van der Waals surface area contributed by atoms with E-state index in [1.165, 1.54) is 16.8 Å². The van der Waals surface area contributed by atoms with Gasteiger partial charge in [-0.25, -0.2) is 0 Å². The minimum absolute atomic E-state index is 0.163. The molecule has 38 heavy (non-hydrogen) atoms. The van der Waals surface area contributed by atoms with Gasteiger partial charge >= 0.3 is 0 Å². The first-order valence-corrected chi connectivity index (χ1v) is 13.5. The van der Waals surface area contributed by atoms with E-state index < -0.39 is 0 Å². The molecule has 0 unspecified atom stereocenters. The Bertz CT molecular complexity index is 1220. The van der Waals surface area contributed by atoms with Crippen LogP contribution in [-0.4, -0.2) is 75.7 Å². The molecule has 2 aliphatic rings. The van der Waals surface area contributed by atoms with Crippen LogP contribution in [0.3, 0.4) is 0 Å². The van der Waals surface area contributed by atoms with E-state index in [4.69, 9.17) is 4.74 Å². The summed E-state index contributed by atoms with van der Waals surface area (Å²) in [5.74, 6) is 1.03. The highest BCUT2D eigenvalue weighted by molar-refractivity contribution is 5.79. The molecule has 0 radical (unpaired) electrons. The van der Waals surface area contributed by atoms with Gasteiger partial charge in [0.1, 0.15) is 5.75 Å². The summed E-state index contributed by atoms with van der Waals surface area (Å²) in [6, 6.07) is 25.9. The fraction of sp³-hybridized carbons (Fsp3) is 0.387. The minimum Gasteiger partial charge on any atom is -0.497 e. The summed E-state index contributed by atoms with van der Waals surface area (Å²) in [5.41, 5.74) is 6.08. The van der Waals surface area contributed by atoms with Crippen molar-refractivity contribution < 1.29 is 9.53 Å². The predicted molar refractivity (Wildman–Crippen MR) is 154 cm³/mol. The molecule has 1 N–H and O–H groups in total. The van der Waals surface area contributed by atoms with Crippen LogP contribution in [0.5, 0.6) is 5.75 Å². The number of rotatable bonds is 9. The number of ether oxygens (including phenoxy) is 1. The van der Waals surface area contributed by atoms with Crippen LogP contribution in [0, 0.1) is 0 Å². The SMILES string of the molecule is COc1cccc(CN(Cc2cccc(N3CCN(C)CC3)c2)c2cccc(CN3CCNCC3=O)c2)c1. The lowest BCUT2D eigenvalue weighted by Crippen LogP contribution is -2.47. The maximum absolute atomic E-state index is 12.4. The normalized spacial score (nSPS) is 16.5. The van der Waals surface area contributed by atoms with Gasteiger partial charge < -0.3 is 29.7 Å². The number of piperazine rings is 2. The van der Waals surface area contributed by atoms with Gasteiger partial charge in [-0.3, -0.25) is 4.79 Å². The quantitative estimate of drug-likeness (QED) is 0.472. The fourth-order valence-electron chi connectivity index (χ4n) is 5.25. The fourth-order valence-corrected chi connectivity index (χ4v) is 5.25. The number of benzene rings is 3. The molecular formula is C31H39N5O2. The van der Waals surface area contributed by atoms with Gasteiger partial charge in [-0.2, -0.15) is 0 Å². The zero-order valence-corrected chi connectivity index (χ0v) is 22.6. The summed E-state index contributed by atoms with van der Waals surface area (Å²) in [5, 5.41) is 3.16. The molecule has 200 valence electrons. The number of hydrogen-bond acceptors (Lipinski definition) is 6. The van der Waals surface area contributed by atoms with Crippen molar-refractivity contribution in [3.8, 4) is 5.75 Å². The summed E-state index contributed by atoms with van der Waals surface area (Å²) in [6.45, 7) is 8.49. The monoisotopic (exact) mass is 513 g/mol. The van der Waals surface area contributed by atoms with Crippen LogP contribution in [0.25, 0.3) is 0 Å². The number of likely N-dealkylation sites (N-methyl/N-ethyl adjacent to an activating group) is 1. The lowest BCUT2D eigenvalue weighted by atomic mass is 10.1. The van der Waals surface area contributed by atoms with Gasteiger partial charge in [0.15, 0.2) is 0 Å². The number of nitrogens with zero attached hydrogens (tertiary/aromatic N) is 4. The lowest BCUT2D eigenvalue weighted by molar-refractivity contribution is -0.132. The van der Waals surface area contributed by atoms with Crippen LogP contribution < -0.4 is 19.9 Å². The maximum atomic E-state index is 12.4. The second kappa shape index (κ2) is 12.3. The smallest absolute Gasteiger partial charge is 0.236 e. The van der Waals surface area contributed by atoms with Crippen LogP contribution in [0.2, 0.25) is 0 Å². The first-order valence-electron chi connectivity index (χ1n) is 13.5. The topological polar surface area (TPSA) is 51.3 Å². The van der Waals surface area contributed by atoms with E-state index in [2.05, 4.69) is 87.7 Å². The molecule has 7 nitrogen and oxygen atoms in total. The standard InChI is InChI=1S/C31H39N5O2/c1-33-14-16-34(17-15-33)28-9-3-7-26(18-28)23-36(24-27-8-5-11-30(20-27)38-2)29-10-4-6-25(19-29)22-35-13-12-32-21-31(35)37/h3-11,18-20,32H,12-17,21-24H2,1-2H3. The molecule has 0 saturated carbocycles. The first kappa shape index (κ1) is 26.1. The van der Waals surface area contributed by atoms with E-state index in [1.807, 2.05) is 17.0 Å². The Morgan fingerprint density at radius 3 is 2.32 bits per heavy atom. The molecule has 7 heteroatoms. The molecule has 3 aromatic carbocycles. The van der Waals surface area contributed by atoms with Crippen molar-refractivity contribution in [2.75, 3.05) is 69.8 Å². The van der Waals surface area contributed by atoms with Crippen LogP contribution in [-0.2, 0) is 24.4 Å². The van der Waals surface area contributed by atoms with Gasteiger partial charge in [0.25, 0.3) is 0 Å². The van der Waals surface area contributed by atoms with E-state index in [9.17, 15) is 4.79 Å². The third-order valence-corrected chi connectivity index (χ3v) is 7.50. The molecule has 2 aliphatic heterocycles. The van der Waals surface area contributed by atoms with E-state index in [1.54, 1.807) is 7.11 Å². The molecule has 0 spiro atoms. The molecular weight excluding hydrogens is 474 g/mol. The number of amides is 1. The molecule has 0 bridgehead atoms. The average Bonchev–Trinajstić information content (AvgIpc) is 2.95. The molecule has 2 fully saturated rings. The highest BCUT2D eigenvalue weighted by Crippen LogP contribution is 2.26. The Morgan fingerprint density at radius 1 is 0.842 bits per heavy atom. The van der Waals surface area contributed by atoms with E-state index in [0.29, 0.717) is 13.1 Å². The lowest BCUT2D eigenvalue weighted by Gasteiger charge is -2.34. The third-order valence-electron chi connectivity index (χ3n) is 7.50. The van der Waals surface area contributed by atoms with Gasteiger partial charge in [0.2, 0.25) is 5.91 Å². The van der Waals surface area contributed by atoms with Gasteiger partial charge in [-0.1, -0.05) is 36.4 Å². The van der Waals surface area contributed by atoms with Crippen molar-refractivity contribution in [1.82, 2.24) is 15.1 Å². The first-order chi connectivity index (χ1) is 18.6. The van der Waals surface area contributed by atoms with Crippen LogP contribution in [0.4, 0.5) is 11.4 Å². The van der Waals surface area contributed by atoms with Crippen molar-refractivity contribution >= 4 is 17.3 Å². The van der Waals surface area contributed by atoms with Crippen LogP contribution in [0.15, 0.2) is 72.8 Å². The number of nitrogens with one attached hydrogen (secondary N) is 1. The molecule has 2 saturated heterocycles. The van der Waals surface area contributed by atoms with E-state index >= 15 is 0 Å². The third kappa shape index (κ3) is 6.65. The van der Waals surface area contributed by atoms with Crippen LogP contribution in [0.1, 0.15) is 16.7 Å². The molecule has 2 heterocycles. The number of hydrogen-bond donors (Lipinski definition) is 1. The Kier molecular flexibility index (Phi) is 8.46. The highest BCUT2D eigenvalue weighted by Gasteiger charge is 2.19. The Balaban J connectivity index is 1.39. The second-order valence-electron chi connectivity index (χ2n) is 10.3. The van der Waals surface area contributed by atoms with E-state index in [0.717, 1.165) is 69.4 Å². The summed E-state index contributed by atoms with van der Waals surface area (Å²) < 4.78 is 5.49. The van der Waals surface area contributed by atoms with Crippen LogP contribution >= 0.6 is 0 Å². The summed E-state index contributed by atoms with van der Waals surface area (Å²) in [6.07, 6.45) is 0. The van der Waals surface area contributed by atoms with Gasteiger partial charge in [0, 0.05) is 70.3 Å². The largest absolute Gasteiger partial charge is 0.497 e. The number of methoxy groups -OCH3 is 1. The van der Waals surface area contributed by atoms with Crippen molar-refractivity contribution in [2.45, 2.75) is 19.6 Å². The van der Waals surface area contributed by atoms with Gasteiger partial charge in [-0.15, -0.1) is 0 Å². The Hall–Kier alpha value is -3.55. The predicted octanol–water partition coefficient (Wildman–Crippen LogP) is 3.59. The summed E-state index contributed by atoms with van der Waals surface area (Å²) in [4.78, 5) is 21.6. The second-order valence-corrected chi connectivity index (χ2v) is 10.3. The minimum atomic E-state index is 0.163. The number of carbonyl (C=O) groups is 1. The maximum Gasteiger partial charge on any atom is 0.236 e. The Labute approximate surface area is 226 Å². The molecule has 5 rings (SSSR count). The molecule has 1 amide bonds. The Morgan fingerprint density at radius 2 is 1.55 bits per heavy atom. The number of anilines is 2.